The van der Waals surface area contributed by atoms with Gasteiger partial charge in [0, 0.05) is 0 Å². The van der Waals surface area contributed by atoms with Gasteiger partial charge < -0.3 is 4.74 Å². The Labute approximate surface area is 139 Å². The Morgan fingerprint density at radius 3 is 2.04 bits per heavy atom. The number of rotatable bonds is 6. The Kier molecular flexibility index (Phi) is 6.40. The number of halogens is 3. The number of ether oxygens (including phenoxy) is 1. The number of hydrogen-bond acceptors (Lipinski definition) is 4. The van der Waals surface area contributed by atoms with Crippen molar-refractivity contribution in [1.82, 2.24) is 4.72 Å². The minimum atomic E-state index is -4.96. The van der Waals surface area contributed by atoms with E-state index < -0.39 is 40.0 Å². The van der Waals surface area contributed by atoms with E-state index in [2.05, 4.69) is 4.74 Å². The largest absolute Gasteiger partial charge is 0.469 e. The van der Waals surface area contributed by atoms with Crippen LogP contribution in [-0.4, -0.2) is 33.7 Å². The molecule has 1 N–H and O–H groups in total. The number of aryl methyl sites for hydroxylation is 1. The van der Waals surface area contributed by atoms with Gasteiger partial charge in [0.1, 0.15) is 6.04 Å². The molecule has 0 aromatic heterocycles. The van der Waals surface area contributed by atoms with Gasteiger partial charge in [-0.2, -0.15) is 17.9 Å². The molecule has 0 aliphatic rings. The van der Waals surface area contributed by atoms with Crippen molar-refractivity contribution in [2.24, 2.45) is 11.8 Å². The highest BCUT2D eigenvalue weighted by molar-refractivity contribution is 7.89. The van der Waals surface area contributed by atoms with Gasteiger partial charge in [0.05, 0.1) is 17.9 Å². The number of esters is 1. The number of benzene rings is 1. The van der Waals surface area contributed by atoms with Crippen LogP contribution in [0.3, 0.4) is 0 Å². The van der Waals surface area contributed by atoms with Crippen molar-refractivity contribution in [2.75, 3.05) is 7.11 Å². The van der Waals surface area contributed by atoms with Gasteiger partial charge in [-0.3, -0.25) is 4.79 Å². The zero-order chi connectivity index (χ0) is 18.7. The highest BCUT2D eigenvalue weighted by Gasteiger charge is 2.51. The van der Waals surface area contributed by atoms with Crippen LogP contribution in [0.2, 0.25) is 0 Å². The number of nitrogens with one attached hydrogen (secondary N) is 1. The topological polar surface area (TPSA) is 72.5 Å². The molecule has 0 bridgehead atoms. The molecular formula is C15H20F3NO4S. The van der Waals surface area contributed by atoms with Crippen molar-refractivity contribution in [2.45, 2.75) is 37.9 Å². The zero-order valence-corrected chi connectivity index (χ0v) is 14.5. The summed E-state index contributed by atoms with van der Waals surface area (Å²) in [7, 11) is -3.50. The van der Waals surface area contributed by atoms with E-state index in [1.807, 2.05) is 0 Å². The fourth-order valence-electron chi connectivity index (χ4n) is 2.23. The smallest absolute Gasteiger partial charge is 0.405 e. The average molecular weight is 367 g/mol. The minimum Gasteiger partial charge on any atom is -0.469 e. The van der Waals surface area contributed by atoms with Crippen molar-refractivity contribution in [3.05, 3.63) is 29.8 Å². The third-order valence-corrected chi connectivity index (χ3v) is 4.97. The third-order valence-electron chi connectivity index (χ3n) is 3.52. The SMILES string of the molecule is COC(=O)[C@H](C(C)C)[C@H](NS(=O)(=O)c1ccc(C)cc1)C(F)(F)F. The number of carbonyl (C=O) groups excluding carboxylic acids is 1. The number of hydrogen-bond donors (Lipinski definition) is 1. The van der Waals surface area contributed by atoms with Gasteiger partial charge in [-0.15, -0.1) is 0 Å². The van der Waals surface area contributed by atoms with Crippen LogP contribution in [-0.2, 0) is 19.6 Å². The maximum absolute atomic E-state index is 13.4. The Morgan fingerprint density at radius 1 is 1.17 bits per heavy atom. The number of carbonyl (C=O) groups is 1. The van der Waals surface area contributed by atoms with Crippen LogP contribution in [0, 0.1) is 18.8 Å². The summed E-state index contributed by atoms with van der Waals surface area (Å²) in [5.41, 5.74) is 0.760. The van der Waals surface area contributed by atoms with Gasteiger partial charge in [-0.1, -0.05) is 31.5 Å². The molecule has 0 aliphatic carbocycles. The van der Waals surface area contributed by atoms with E-state index in [1.54, 1.807) is 11.6 Å². The molecule has 5 nitrogen and oxygen atoms in total. The molecule has 0 saturated carbocycles. The molecule has 0 fully saturated rings. The first-order valence-electron chi connectivity index (χ1n) is 7.13. The Bertz CT molecular complexity index is 669. The van der Waals surface area contributed by atoms with Crippen LogP contribution in [0.1, 0.15) is 19.4 Å². The summed E-state index contributed by atoms with van der Waals surface area (Å²) < 4.78 is 70.8. The van der Waals surface area contributed by atoms with Crippen molar-refractivity contribution in [3.8, 4) is 0 Å². The number of alkyl halides is 3. The van der Waals surface area contributed by atoms with Crippen LogP contribution in [0.15, 0.2) is 29.2 Å². The maximum atomic E-state index is 13.4. The molecule has 1 aromatic rings. The summed E-state index contributed by atoms with van der Waals surface area (Å²) in [5, 5.41) is 0. The van der Waals surface area contributed by atoms with Crippen molar-refractivity contribution >= 4 is 16.0 Å². The molecule has 0 radical (unpaired) electrons. The van der Waals surface area contributed by atoms with Crippen LogP contribution in [0.4, 0.5) is 13.2 Å². The van der Waals surface area contributed by atoms with Crippen LogP contribution >= 0.6 is 0 Å². The van der Waals surface area contributed by atoms with Gasteiger partial charge in [0.15, 0.2) is 0 Å². The van der Waals surface area contributed by atoms with Crippen molar-refractivity contribution in [3.63, 3.8) is 0 Å². The summed E-state index contributed by atoms with van der Waals surface area (Å²) in [5.74, 6) is -3.61. The number of methoxy groups -OCH3 is 1. The van der Waals surface area contributed by atoms with E-state index in [4.69, 9.17) is 0 Å². The second-order valence-electron chi connectivity index (χ2n) is 5.75. The molecule has 0 spiro atoms. The molecule has 0 saturated heterocycles. The average Bonchev–Trinajstić information content (AvgIpc) is 2.45. The summed E-state index contributed by atoms with van der Waals surface area (Å²) in [6, 6.07) is 2.76. The first kappa shape index (κ1) is 20.4. The molecule has 136 valence electrons. The molecule has 0 aliphatic heterocycles. The Balaban J connectivity index is 3.27. The quantitative estimate of drug-likeness (QED) is 0.785. The Hall–Kier alpha value is -1.61. The van der Waals surface area contributed by atoms with Gasteiger partial charge in [-0.05, 0) is 25.0 Å². The predicted octanol–water partition coefficient (Wildman–Crippen LogP) is 2.65. The molecule has 2 atom stereocenters. The maximum Gasteiger partial charge on any atom is 0.405 e. The summed E-state index contributed by atoms with van der Waals surface area (Å²) in [6.07, 6.45) is -4.96. The van der Waals surface area contributed by atoms with Gasteiger partial charge in [0.25, 0.3) is 0 Å². The van der Waals surface area contributed by atoms with E-state index in [1.165, 1.54) is 38.1 Å². The highest BCUT2D eigenvalue weighted by Crippen LogP contribution is 2.32. The van der Waals surface area contributed by atoms with Crippen molar-refractivity contribution in [1.29, 1.82) is 0 Å². The normalized spacial score (nSPS) is 15.2. The molecule has 0 heterocycles. The first-order valence-corrected chi connectivity index (χ1v) is 8.62. The lowest BCUT2D eigenvalue weighted by molar-refractivity contribution is -0.181. The second kappa shape index (κ2) is 7.52. The van der Waals surface area contributed by atoms with Crippen LogP contribution < -0.4 is 4.72 Å². The predicted molar refractivity (Wildman–Crippen MR) is 81.7 cm³/mol. The second-order valence-corrected chi connectivity index (χ2v) is 7.46. The summed E-state index contributed by atoms with van der Waals surface area (Å²) >= 11 is 0. The molecule has 1 aromatic carbocycles. The van der Waals surface area contributed by atoms with Crippen LogP contribution in [0.25, 0.3) is 0 Å². The van der Waals surface area contributed by atoms with E-state index >= 15 is 0 Å². The minimum absolute atomic E-state index is 0.310. The fraction of sp³-hybridized carbons (Fsp3) is 0.533. The Morgan fingerprint density at radius 2 is 1.67 bits per heavy atom. The van der Waals surface area contributed by atoms with E-state index in [-0.39, 0.29) is 4.90 Å². The fourth-order valence-corrected chi connectivity index (χ4v) is 3.47. The van der Waals surface area contributed by atoms with E-state index in [0.717, 1.165) is 12.7 Å². The van der Waals surface area contributed by atoms with E-state index in [0.29, 0.717) is 0 Å². The van der Waals surface area contributed by atoms with Gasteiger partial charge in [0.2, 0.25) is 10.0 Å². The lowest BCUT2D eigenvalue weighted by Gasteiger charge is -2.30. The van der Waals surface area contributed by atoms with Crippen molar-refractivity contribution < 1.29 is 31.1 Å². The van der Waals surface area contributed by atoms with Gasteiger partial charge >= 0.3 is 12.1 Å². The van der Waals surface area contributed by atoms with Gasteiger partial charge in [-0.25, -0.2) is 8.42 Å². The standard InChI is InChI=1S/C15H20F3NO4S/c1-9(2)12(14(20)23-4)13(15(16,17)18)19-24(21,22)11-7-5-10(3)6-8-11/h5-9,12-13,19H,1-4H3/t12-,13+/m1/s1. The molecule has 9 heteroatoms. The zero-order valence-electron chi connectivity index (χ0n) is 13.7. The first-order chi connectivity index (χ1) is 10.9. The molecular weight excluding hydrogens is 347 g/mol. The highest BCUT2D eigenvalue weighted by atomic mass is 32.2. The third kappa shape index (κ3) is 4.94. The van der Waals surface area contributed by atoms with Crippen LogP contribution in [0.5, 0.6) is 0 Å². The molecule has 0 amide bonds. The summed E-state index contributed by atoms with van der Waals surface area (Å²) in [6.45, 7) is 4.50. The molecule has 24 heavy (non-hydrogen) atoms. The molecule has 1 rings (SSSR count). The lowest BCUT2D eigenvalue weighted by atomic mass is 9.88. The van der Waals surface area contributed by atoms with E-state index in [9.17, 15) is 26.4 Å². The lowest BCUT2D eigenvalue weighted by Crippen LogP contribution is -2.54. The summed E-state index contributed by atoms with van der Waals surface area (Å²) in [4.78, 5) is 11.4. The monoisotopic (exact) mass is 367 g/mol. The molecule has 0 unspecified atom stereocenters. The number of sulfonamides is 1.